The SMILES string of the molecule is O=C(Nc1nc2c(s1)CN(C(=O)c1ccccc1)CC2)c1ccsc1. The van der Waals surface area contributed by atoms with Crippen molar-refractivity contribution in [3.8, 4) is 0 Å². The van der Waals surface area contributed by atoms with Crippen molar-refractivity contribution >= 4 is 39.6 Å². The number of carbonyl (C=O) groups excluding carboxylic acids is 2. The van der Waals surface area contributed by atoms with Crippen molar-refractivity contribution in [2.24, 2.45) is 0 Å². The van der Waals surface area contributed by atoms with E-state index >= 15 is 0 Å². The van der Waals surface area contributed by atoms with E-state index in [1.54, 1.807) is 6.07 Å². The molecular weight excluding hydrogens is 354 g/mol. The predicted molar refractivity (Wildman–Crippen MR) is 99.3 cm³/mol. The van der Waals surface area contributed by atoms with E-state index in [1.807, 2.05) is 46.0 Å². The normalized spacial score (nSPS) is 13.4. The van der Waals surface area contributed by atoms with Gasteiger partial charge in [0.2, 0.25) is 0 Å². The second kappa shape index (κ2) is 6.78. The van der Waals surface area contributed by atoms with E-state index in [4.69, 9.17) is 0 Å². The molecular formula is C18H15N3O2S2. The molecule has 0 saturated heterocycles. The quantitative estimate of drug-likeness (QED) is 0.766. The molecule has 4 rings (SSSR count). The molecule has 3 aromatic rings. The first-order valence-corrected chi connectivity index (χ1v) is 9.63. The number of rotatable bonds is 3. The predicted octanol–water partition coefficient (Wildman–Crippen LogP) is 3.66. The molecule has 0 unspecified atom stereocenters. The Morgan fingerprint density at radius 1 is 1.12 bits per heavy atom. The topological polar surface area (TPSA) is 62.3 Å². The minimum atomic E-state index is -0.149. The summed E-state index contributed by atoms with van der Waals surface area (Å²) in [5.41, 5.74) is 2.31. The number of aromatic nitrogens is 1. The molecule has 0 saturated carbocycles. The number of amides is 2. The molecule has 0 spiro atoms. The summed E-state index contributed by atoms with van der Waals surface area (Å²) in [6, 6.07) is 11.1. The second-order valence-corrected chi connectivity index (χ2v) is 7.56. The fourth-order valence-corrected chi connectivity index (χ4v) is 4.40. The molecule has 25 heavy (non-hydrogen) atoms. The van der Waals surface area contributed by atoms with Crippen LogP contribution in [0.4, 0.5) is 5.13 Å². The van der Waals surface area contributed by atoms with Crippen molar-refractivity contribution in [3.05, 3.63) is 68.9 Å². The van der Waals surface area contributed by atoms with Gasteiger partial charge in [-0.25, -0.2) is 4.98 Å². The lowest BCUT2D eigenvalue weighted by atomic mass is 10.1. The smallest absolute Gasteiger partial charge is 0.258 e. The highest BCUT2D eigenvalue weighted by Gasteiger charge is 2.25. The molecule has 5 nitrogen and oxygen atoms in total. The monoisotopic (exact) mass is 369 g/mol. The molecule has 0 fully saturated rings. The Morgan fingerprint density at radius 2 is 1.96 bits per heavy atom. The number of hydrogen-bond acceptors (Lipinski definition) is 5. The van der Waals surface area contributed by atoms with Crippen LogP contribution < -0.4 is 5.32 Å². The lowest BCUT2D eigenvalue weighted by Crippen LogP contribution is -2.35. The van der Waals surface area contributed by atoms with Crippen LogP contribution in [0.3, 0.4) is 0 Å². The van der Waals surface area contributed by atoms with E-state index in [-0.39, 0.29) is 11.8 Å². The largest absolute Gasteiger partial charge is 0.333 e. The summed E-state index contributed by atoms with van der Waals surface area (Å²) in [7, 11) is 0. The summed E-state index contributed by atoms with van der Waals surface area (Å²) < 4.78 is 0. The molecule has 0 atom stereocenters. The summed E-state index contributed by atoms with van der Waals surface area (Å²) in [4.78, 5) is 32.1. The van der Waals surface area contributed by atoms with Gasteiger partial charge >= 0.3 is 0 Å². The fraction of sp³-hybridized carbons (Fsp3) is 0.167. The van der Waals surface area contributed by atoms with Crippen LogP contribution in [-0.2, 0) is 13.0 Å². The summed E-state index contributed by atoms with van der Waals surface area (Å²) in [5, 5.41) is 7.12. The van der Waals surface area contributed by atoms with Crippen LogP contribution in [0, 0.1) is 0 Å². The zero-order chi connectivity index (χ0) is 17.2. The van der Waals surface area contributed by atoms with Gasteiger partial charge in [0.25, 0.3) is 11.8 Å². The lowest BCUT2D eigenvalue weighted by Gasteiger charge is -2.26. The number of thiazole rings is 1. The maximum Gasteiger partial charge on any atom is 0.258 e. The van der Waals surface area contributed by atoms with Gasteiger partial charge in [-0.2, -0.15) is 11.3 Å². The van der Waals surface area contributed by atoms with Gasteiger partial charge in [0.05, 0.1) is 17.8 Å². The van der Waals surface area contributed by atoms with E-state index < -0.39 is 0 Å². The third-order valence-corrected chi connectivity index (χ3v) is 5.72. The van der Waals surface area contributed by atoms with Gasteiger partial charge in [-0.05, 0) is 23.6 Å². The Morgan fingerprint density at radius 3 is 2.72 bits per heavy atom. The minimum Gasteiger partial charge on any atom is -0.333 e. The molecule has 2 aromatic heterocycles. The lowest BCUT2D eigenvalue weighted by molar-refractivity contribution is 0.0736. The molecule has 0 aliphatic carbocycles. The van der Waals surface area contributed by atoms with Gasteiger partial charge in [-0.3, -0.25) is 14.9 Å². The highest BCUT2D eigenvalue weighted by Crippen LogP contribution is 2.29. The van der Waals surface area contributed by atoms with Crippen LogP contribution in [0.5, 0.6) is 0 Å². The van der Waals surface area contributed by atoms with Crippen molar-refractivity contribution in [1.29, 1.82) is 0 Å². The van der Waals surface area contributed by atoms with Crippen LogP contribution in [0.1, 0.15) is 31.3 Å². The first kappa shape index (κ1) is 16.0. The molecule has 0 bridgehead atoms. The molecule has 0 radical (unpaired) electrons. The highest BCUT2D eigenvalue weighted by molar-refractivity contribution is 7.16. The van der Waals surface area contributed by atoms with Gasteiger partial charge < -0.3 is 4.90 Å². The van der Waals surface area contributed by atoms with Crippen molar-refractivity contribution in [1.82, 2.24) is 9.88 Å². The van der Waals surface area contributed by atoms with Gasteiger partial charge in [-0.15, -0.1) is 0 Å². The number of fused-ring (bicyclic) bond motifs is 1. The summed E-state index contributed by atoms with van der Waals surface area (Å²) >= 11 is 2.93. The molecule has 2 amide bonds. The standard InChI is InChI=1S/C18H15N3O2S2/c22-16(13-7-9-24-11-13)20-18-19-14-6-8-21(10-15(14)25-18)17(23)12-4-2-1-3-5-12/h1-5,7,9,11H,6,8,10H2,(H,19,20,22). The Bertz CT molecular complexity index is 904. The summed E-state index contributed by atoms with van der Waals surface area (Å²) in [5.74, 6) is -0.118. The average Bonchev–Trinajstić information content (AvgIpc) is 3.30. The van der Waals surface area contributed by atoms with Crippen LogP contribution in [-0.4, -0.2) is 28.2 Å². The second-order valence-electron chi connectivity index (χ2n) is 5.70. The number of nitrogens with zero attached hydrogens (tertiary/aromatic N) is 2. The zero-order valence-corrected chi connectivity index (χ0v) is 14.9. The first-order valence-electron chi connectivity index (χ1n) is 7.87. The molecule has 1 aliphatic rings. The molecule has 1 aromatic carbocycles. The Hall–Kier alpha value is -2.51. The molecule has 7 heteroatoms. The zero-order valence-electron chi connectivity index (χ0n) is 13.3. The van der Waals surface area contributed by atoms with Crippen molar-refractivity contribution in [2.75, 3.05) is 11.9 Å². The molecule has 3 heterocycles. The van der Waals surface area contributed by atoms with Crippen molar-refractivity contribution < 1.29 is 9.59 Å². The van der Waals surface area contributed by atoms with Crippen LogP contribution in [0.15, 0.2) is 47.2 Å². The molecule has 126 valence electrons. The third-order valence-electron chi connectivity index (χ3n) is 4.04. The number of nitrogens with one attached hydrogen (secondary N) is 1. The Labute approximate surface area is 152 Å². The highest BCUT2D eigenvalue weighted by atomic mass is 32.1. The van der Waals surface area contributed by atoms with Gasteiger partial charge in [0.15, 0.2) is 5.13 Å². The van der Waals surface area contributed by atoms with Gasteiger partial charge in [0.1, 0.15) is 0 Å². The maximum atomic E-state index is 12.6. The van der Waals surface area contributed by atoms with Crippen molar-refractivity contribution in [2.45, 2.75) is 13.0 Å². The fourth-order valence-electron chi connectivity index (χ4n) is 2.75. The number of hydrogen-bond donors (Lipinski definition) is 1. The molecule has 1 N–H and O–H groups in total. The van der Waals surface area contributed by atoms with Crippen molar-refractivity contribution in [3.63, 3.8) is 0 Å². The molecule has 1 aliphatic heterocycles. The Balaban J connectivity index is 1.48. The van der Waals surface area contributed by atoms with Crippen LogP contribution in [0.25, 0.3) is 0 Å². The number of anilines is 1. The van der Waals surface area contributed by atoms with Crippen LogP contribution in [0.2, 0.25) is 0 Å². The van der Waals surface area contributed by atoms with E-state index in [9.17, 15) is 9.59 Å². The summed E-state index contributed by atoms with van der Waals surface area (Å²) in [6.07, 6.45) is 0.707. The summed E-state index contributed by atoms with van der Waals surface area (Å²) in [6.45, 7) is 1.18. The van der Waals surface area contributed by atoms with E-state index in [0.717, 1.165) is 10.6 Å². The number of carbonyl (C=O) groups is 2. The number of thiophene rings is 1. The van der Waals surface area contributed by atoms with E-state index in [0.29, 0.717) is 35.8 Å². The van der Waals surface area contributed by atoms with Gasteiger partial charge in [-0.1, -0.05) is 29.5 Å². The van der Waals surface area contributed by atoms with Crippen LogP contribution >= 0.6 is 22.7 Å². The Kier molecular flexibility index (Phi) is 4.33. The average molecular weight is 369 g/mol. The first-order chi connectivity index (χ1) is 12.2. The minimum absolute atomic E-state index is 0.0310. The van der Waals surface area contributed by atoms with E-state index in [1.165, 1.54) is 22.7 Å². The van der Waals surface area contributed by atoms with E-state index in [2.05, 4.69) is 10.3 Å². The number of benzene rings is 1. The maximum absolute atomic E-state index is 12.6. The third kappa shape index (κ3) is 3.33. The van der Waals surface area contributed by atoms with Gasteiger partial charge in [0, 0.05) is 28.8 Å².